The standard InChI is InChI=1S/C49H31N5/c1-3-16-32(17-4-1)47-50-48(52-49(51-47)40-26-15-25-38-36-22-9-12-27-42(36)53(46(38)40)35-20-5-2-6-21-35)39-24-11-14-29-44(39)54-43-28-13-10-23-37(43)41-30-33-18-7-8-19-34(33)31-45(41)54/h1-31H. The first-order valence-electron chi connectivity index (χ1n) is 18.2. The van der Waals surface area contributed by atoms with Gasteiger partial charge in [0.1, 0.15) is 0 Å². The van der Waals surface area contributed by atoms with Crippen molar-refractivity contribution in [2.45, 2.75) is 0 Å². The van der Waals surface area contributed by atoms with Gasteiger partial charge in [-0.2, -0.15) is 0 Å². The fourth-order valence-corrected chi connectivity index (χ4v) is 8.15. The molecule has 11 aromatic rings. The largest absolute Gasteiger partial charge is 0.309 e. The molecule has 8 aromatic carbocycles. The third kappa shape index (κ3) is 4.69. The first kappa shape index (κ1) is 30.3. The summed E-state index contributed by atoms with van der Waals surface area (Å²) < 4.78 is 4.70. The van der Waals surface area contributed by atoms with Crippen LogP contribution in [0.15, 0.2) is 188 Å². The van der Waals surface area contributed by atoms with Gasteiger partial charge < -0.3 is 9.13 Å². The van der Waals surface area contributed by atoms with Crippen LogP contribution in [0.3, 0.4) is 0 Å². The lowest BCUT2D eigenvalue weighted by atomic mass is 10.1. The van der Waals surface area contributed by atoms with Crippen molar-refractivity contribution in [1.82, 2.24) is 24.1 Å². The monoisotopic (exact) mass is 689 g/mol. The SMILES string of the molecule is c1ccc(-c2nc(-c3ccccc3-n3c4ccccc4c4cc5ccccc5cc43)nc(-c3cccc4c5ccccc5n(-c5ccccc5)c34)n2)cc1. The number of fused-ring (bicyclic) bond motifs is 7. The van der Waals surface area contributed by atoms with E-state index in [2.05, 4.69) is 179 Å². The fourth-order valence-electron chi connectivity index (χ4n) is 8.15. The van der Waals surface area contributed by atoms with Crippen molar-refractivity contribution in [2.75, 3.05) is 0 Å². The highest BCUT2D eigenvalue weighted by atomic mass is 15.1. The van der Waals surface area contributed by atoms with Crippen molar-refractivity contribution in [3.63, 3.8) is 0 Å². The van der Waals surface area contributed by atoms with E-state index in [1.165, 1.54) is 26.9 Å². The van der Waals surface area contributed by atoms with Gasteiger partial charge in [-0.25, -0.2) is 15.0 Å². The van der Waals surface area contributed by atoms with Gasteiger partial charge in [0.05, 0.1) is 27.8 Å². The van der Waals surface area contributed by atoms with Gasteiger partial charge in [-0.15, -0.1) is 0 Å². The van der Waals surface area contributed by atoms with Crippen LogP contribution in [0, 0.1) is 0 Å². The molecular formula is C49H31N5. The second-order valence-corrected chi connectivity index (χ2v) is 13.6. The van der Waals surface area contributed by atoms with Crippen molar-refractivity contribution in [3.8, 4) is 45.5 Å². The Morgan fingerprint density at radius 2 is 0.870 bits per heavy atom. The number of rotatable bonds is 5. The Bertz CT molecular complexity index is 3210. The lowest BCUT2D eigenvalue weighted by molar-refractivity contribution is 1.06. The molecule has 3 aromatic heterocycles. The maximum absolute atomic E-state index is 5.39. The van der Waals surface area contributed by atoms with Crippen molar-refractivity contribution in [3.05, 3.63) is 188 Å². The predicted octanol–water partition coefficient (Wildman–Crippen LogP) is 12.2. The Morgan fingerprint density at radius 1 is 0.333 bits per heavy atom. The maximum Gasteiger partial charge on any atom is 0.166 e. The molecule has 0 amide bonds. The summed E-state index contributed by atoms with van der Waals surface area (Å²) in [6.45, 7) is 0. The summed E-state index contributed by atoms with van der Waals surface area (Å²) in [5, 5.41) is 7.16. The van der Waals surface area contributed by atoms with Gasteiger partial charge in [-0.05, 0) is 65.4 Å². The lowest BCUT2D eigenvalue weighted by Crippen LogP contribution is -2.04. The maximum atomic E-state index is 5.39. The van der Waals surface area contributed by atoms with E-state index in [1.54, 1.807) is 0 Å². The molecule has 0 bridgehead atoms. The summed E-state index contributed by atoms with van der Waals surface area (Å²) in [4.78, 5) is 15.9. The molecule has 0 spiro atoms. The molecule has 0 saturated carbocycles. The lowest BCUT2D eigenvalue weighted by Gasteiger charge is -2.15. The van der Waals surface area contributed by atoms with Crippen molar-refractivity contribution < 1.29 is 0 Å². The highest BCUT2D eigenvalue weighted by Crippen LogP contribution is 2.40. The van der Waals surface area contributed by atoms with Gasteiger partial charge in [0.15, 0.2) is 17.5 Å². The van der Waals surface area contributed by atoms with Crippen LogP contribution in [0.1, 0.15) is 0 Å². The number of benzene rings is 8. The van der Waals surface area contributed by atoms with Crippen LogP contribution in [0.5, 0.6) is 0 Å². The summed E-state index contributed by atoms with van der Waals surface area (Å²) in [7, 11) is 0. The number of nitrogens with zero attached hydrogens (tertiary/aromatic N) is 5. The number of aromatic nitrogens is 5. The van der Waals surface area contributed by atoms with Gasteiger partial charge in [0, 0.05) is 43.9 Å². The van der Waals surface area contributed by atoms with Crippen molar-refractivity contribution in [1.29, 1.82) is 0 Å². The molecule has 0 aliphatic heterocycles. The zero-order valence-electron chi connectivity index (χ0n) is 29.1. The molecule has 0 aliphatic rings. The highest BCUT2D eigenvalue weighted by Gasteiger charge is 2.22. The Balaban J connectivity index is 1.21. The van der Waals surface area contributed by atoms with Crippen LogP contribution in [0.2, 0.25) is 0 Å². The second kappa shape index (κ2) is 12.1. The summed E-state index contributed by atoms with van der Waals surface area (Å²) in [5.74, 6) is 1.85. The van der Waals surface area contributed by atoms with Gasteiger partial charge >= 0.3 is 0 Å². The van der Waals surface area contributed by atoms with Crippen molar-refractivity contribution in [2.24, 2.45) is 0 Å². The topological polar surface area (TPSA) is 48.5 Å². The van der Waals surface area contributed by atoms with Crippen LogP contribution in [-0.2, 0) is 0 Å². The van der Waals surface area contributed by atoms with E-state index in [4.69, 9.17) is 15.0 Å². The minimum atomic E-state index is 0.612. The molecule has 3 heterocycles. The Kier molecular flexibility index (Phi) is 6.79. The average molecular weight is 690 g/mol. The van der Waals surface area contributed by atoms with Crippen LogP contribution in [0.4, 0.5) is 0 Å². The summed E-state index contributed by atoms with van der Waals surface area (Å²) in [5.41, 5.74) is 9.33. The summed E-state index contributed by atoms with van der Waals surface area (Å²) in [6.07, 6.45) is 0. The Morgan fingerprint density at radius 3 is 1.65 bits per heavy atom. The van der Waals surface area contributed by atoms with E-state index >= 15 is 0 Å². The smallest absolute Gasteiger partial charge is 0.166 e. The van der Waals surface area contributed by atoms with E-state index in [1.807, 2.05) is 18.2 Å². The molecule has 0 atom stereocenters. The number of hydrogen-bond donors (Lipinski definition) is 0. The van der Waals surface area contributed by atoms with Crippen molar-refractivity contribution >= 4 is 54.4 Å². The molecule has 5 nitrogen and oxygen atoms in total. The van der Waals surface area contributed by atoms with Gasteiger partial charge in [-0.3, -0.25) is 0 Å². The highest BCUT2D eigenvalue weighted by molar-refractivity contribution is 6.15. The molecule has 0 saturated heterocycles. The van der Waals surface area contributed by atoms with E-state index < -0.39 is 0 Å². The molecule has 54 heavy (non-hydrogen) atoms. The fraction of sp³-hybridized carbons (Fsp3) is 0. The minimum Gasteiger partial charge on any atom is -0.309 e. The molecule has 0 radical (unpaired) electrons. The summed E-state index contributed by atoms with van der Waals surface area (Å²) >= 11 is 0. The van der Waals surface area contributed by atoms with E-state index in [0.29, 0.717) is 17.5 Å². The number of para-hydroxylation sites is 5. The molecule has 0 unspecified atom stereocenters. The second-order valence-electron chi connectivity index (χ2n) is 13.6. The van der Waals surface area contributed by atoms with E-state index in [-0.39, 0.29) is 0 Å². The van der Waals surface area contributed by atoms with E-state index in [9.17, 15) is 0 Å². The Labute approximate surface area is 311 Å². The molecular weight excluding hydrogens is 659 g/mol. The first-order valence-corrected chi connectivity index (χ1v) is 18.2. The quantitative estimate of drug-likeness (QED) is 0.181. The van der Waals surface area contributed by atoms with Crippen LogP contribution in [-0.4, -0.2) is 24.1 Å². The van der Waals surface area contributed by atoms with Crippen LogP contribution in [0.25, 0.3) is 99.9 Å². The number of hydrogen-bond acceptors (Lipinski definition) is 3. The first-order chi connectivity index (χ1) is 26.8. The zero-order valence-corrected chi connectivity index (χ0v) is 29.1. The molecule has 0 aliphatic carbocycles. The van der Waals surface area contributed by atoms with Gasteiger partial charge in [0.25, 0.3) is 0 Å². The van der Waals surface area contributed by atoms with Gasteiger partial charge in [0.2, 0.25) is 0 Å². The molecule has 5 heteroatoms. The third-order valence-corrected chi connectivity index (χ3v) is 10.5. The normalized spacial score (nSPS) is 11.7. The molecule has 11 rings (SSSR count). The average Bonchev–Trinajstić information content (AvgIpc) is 3.76. The van der Waals surface area contributed by atoms with Crippen LogP contribution >= 0.6 is 0 Å². The predicted molar refractivity (Wildman–Crippen MR) is 222 cm³/mol. The third-order valence-electron chi connectivity index (χ3n) is 10.5. The molecule has 0 N–H and O–H groups in total. The molecule has 0 fully saturated rings. The van der Waals surface area contributed by atoms with E-state index in [0.717, 1.165) is 55.5 Å². The van der Waals surface area contributed by atoms with Crippen LogP contribution < -0.4 is 0 Å². The minimum absolute atomic E-state index is 0.612. The Hall–Kier alpha value is -7.37. The molecule has 252 valence electrons. The zero-order chi connectivity index (χ0) is 35.6. The summed E-state index contributed by atoms with van der Waals surface area (Å²) in [6, 6.07) is 66.1. The van der Waals surface area contributed by atoms with Gasteiger partial charge in [-0.1, -0.05) is 133 Å².